The SMILES string of the molecule is c1ccc2c(c1)SC1c3ccccc3SC21. The van der Waals surface area contributed by atoms with Crippen LogP contribution < -0.4 is 0 Å². The third-order valence-corrected chi connectivity index (χ3v) is 6.22. The van der Waals surface area contributed by atoms with E-state index in [4.69, 9.17) is 0 Å². The van der Waals surface area contributed by atoms with E-state index in [1.54, 1.807) is 0 Å². The summed E-state index contributed by atoms with van der Waals surface area (Å²) in [5.74, 6) is 0. The molecule has 2 heterocycles. The van der Waals surface area contributed by atoms with Gasteiger partial charge in [-0.15, -0.1) is 23.5 Å². The smallest absolute Gasteiger partial charge is 0.0519 e. The van der Waals surface area contributed by atoms with Crippen LogP contribution in [0, 0.1) is 0 Å². The molecule has 2 aromatic rings. The lowest BCUT2D eigenvalue weighted by Gasteiger charge is -2.07. The largest absolute Gasteiger partial charge is 0.116 e. The summed E-state index contributed by atoms with van der Waals surface area (Å²) in [7, 11) is 0. The number of fused-ring (bicyclic) bond motifs is 5. The predicted molar refractivity (Wildman–Crippen MR) is 70.1 cm³/mol. The number of benzene rings is 2. The zero-order valence-electron chi connectivity index (χ0n) is 8.59. The fourth-order valence-corrected chi connectivity index (χ4v) is 5.71. The lowest BCUT2D eigenvalue weighted by molar-refractivity contribution is 0.939. The standard InChI is InChI=1S/C14H10S2/c1-3-7-11-9(5-1)13-14(15-11)10-6-2-4-8-12(10)16-13/h1-8,13-14H. The van der Waals surface area contributed by atoms with Gasteiger partial charge in [0, 0.05) is 9.79 Å². The first-order chi connectivity index (χ1) is 7.93. The van der Waals surface area contributed by atoms with Crippen LogP contribution >= 0.6 is 23.5 Å². The quantitative estimate of drug-likeness (QED) is 0.658. The van der Waals surface area contributed by atoms with E-state index in [-0.39, 0.29) is 0 Å². The molecule has 4 rings (SSSR count). The van der Waals surface area contributed by atoms with Crippen molar-refractivity contribution in [3.8, 4) is 0 Å². The summed E-state index contributed by atoms with van der Waals surface area (Å²) in [6.45, 7) is 0. The molecule has 78 valence electrons. The van der Waals surface area contributed by atoms with Crippen LogP contribution in [-0.4, -0.2) is 0 Å². The minimum Gasteiger partial charge on any atom is -0.116 e. The highest BCUT2D eigenvalue weighted by Gasteiger charge is 2.40. The van der Waals surface area contributed by atoms with Crippen molar-refractivity contribution in [2.75, 3.05) is 0 Å². The number of thioether (sulfide) groups is 2. The van der Waals surface area contributed by atoms with Crippen molar-refractivity contribution in [1.29, 1.82) is 0 Å². The fourth-order valence-electron chi connectivity index (χ4n) is 2.50. The van der Waals surface area contributed by atoms with Gasteiger partial charge >= 0.3 is 0 Å². The minimum atomic E-state index is 0.638. The molecule has 0 saturated heterocycles. The first-order valence-electron chi connectivity index (χ1n) is 5.45. The summed E-state index contributed by atoms with van der Waals surface area (Å²) in [5.41, 5.74) is 3.05. The summed E-state index contributed by atoms with van der Waals surface area (Å²) in [6, 6.07) is 17.7. The first-order valence-corrected chi connectivity index (χ1v) is 7.20. The monoisotopic (exact) mass is 242 g/mol. The highest BCUT2D eigenvalue weighted by molar-refractivity contribution is 8.05. The van der Waals surface area contributed by atoms with Crippen LogP contribution in [0.2, 0.25) is 0 Å². The first kappa shape index (κ1) is 9.20. The molecule has 0 amide bonds. The summed E-state index contributed by atoms with van der Waals surface area (Å²) in [4.78, 5) is 2.94. The van der Waals surface area contributed by atoms with Crippen LogP contribution in [0.3, 0.4) is 0 Å². The molecule has 2 aliphatic rings. The van der Waals surface area contributed by atoms with Crippen molar-refractivity contribution in [1.82, 2.24) is 0 Å². The molecule has 0 radical (unpaired) electrons. The normalized spacial score (nSPS) is 25.0. The van der Waals surface area contributed by atoms with Crippen molar-refractivity contribution in [2.24, 2.45) is 0 Å². The molecule has 0 spiro atoms. The van der Waals surface area contributed by atoms with Gasteiger partial charge in [-0.05, 0) is 23.3 Å². The van der Waals surface area contributed by atoms with Gasteiger partial charge in [0.2, 0.25) is 0 Å². The molecular formula is C14H10S2. The molecule has 2 atom stereocenters. The molecule has 0 aliphatic carbocycles. The summed E-state index contributed by atoms with van der Waals surface area (Å²) < 4.78 is 0. The van der Waals surface area contributed by atoms with Gasteiger partial charge in [-0.2, -0.15) is 0 Å². The Labute approximate surface area is 103 Å². The molecule has 0 bridgehead atoms. The highest BCUT2D eigenvalue weighted by atomic mass is 32.2. The van der Waals surface area contributed by atoms with E-state index in [9.17, 15) is 0 Å². The van der Waals surface area contributed by atoms with E-state index < -0.39 is 0 Å². The van der Waals surface area contributed by atoms with Gasteiger partial charge in [0.05, 0.1) is 10.5 Å². The fraction of sp³-hybridized carbons (Fsp3) is 0.143. The van der Waals surface area contributed by atoms with Gasteiger partial charge in [-0.3, -0.25) is 0 Å². The average Bonchev–Trinajstić information content (AvgIpc) is 2.85. The lowest BCUT2D eigenvalue weighted by atomic mass is 10.0. The number of hydrogen-bond acceptors (Lipinski definition) is 2. The Morgan fingerprint density at radius 1 is 0.625 bits per heavy atom. The van der Waals surface area contributed by atoms with E-state index in [1.165, 1.54) is 20.9 Å². The zero-order valence-corrected chi connectivity index (χ0v) is 10.2. The Kier molecular flexibility index (Phi) is 1.91. The van der Waals surface area contributed by atoms with Crippen LogP contribution in [0.25, 0.3) is 0 Å². The van der Waals surface area contributed by atoms with E-state index in [1.807, 2.05) is 23.5 Å². The molecule has 2 heteroatoms. The topological polar surface area (TPSA) is 0 Å². The lowest BCUT2D eigenvalue weighted by Crippen LogP contribution is -1.90. The average molecular weight is 242 g/mol. The minimum absolute atomic E-state index is 0.638. The van der Waals surface area contributed by atoms with Crippen LogP contribution in [0.15, 0.2) is 58.3 Å². The Morgan fingerprint density at radius 3 is 1.56 bits per heavy atom. The van der Waals surface area contributed by atoms with Crippen molar-refractivity contribution < 1.29 is 0 Å². The molecule has 0 fully saturated rings. The van der Waals surface area contributed by atoms with Gasteiger partial charge in [-0.25, -0.2) is 0 Å². The Bertz CT molecular complexity index is 511. The molecule has 0 saturated carbocycles. The Morgan fingerprint density at radius 2 is 1.06 bits per heavy atom. The van der Waals surface area contributed by atoms with E-state index in [0.29, 0.717) is 10.5 Å². The second-order valence-corrected chi connectivity index (χ2v) is 6.52. The molecule has 0 N–H and O–H groups in total. The van der Waals surface area contributed by atoms with Crippen LogP contribution in [0.1, 0.15) is 21.6 Å². The van der Waals surface area contributed by atoms with Gasteiger partial charge in [-0.1, -0.05) is 36.4 Å². The second-order valence-electron chi connectivity index (χ2n) is 4.15. The summed E-state index contributed by atoms with van der Waals surface area (Å²) in [6.07, 6.45) is 0. The van der Waals surface area contributed by atoms with Gasteiger partial charge in [0.15, 0.2) is 0 Å². The molecule has 2 aromatic carbocycles. The molecule has 0 aromatic heterocycles. The molecule has 2 aliphatic heterocycles. The molecule has 0 nitrogen and oxygen atoms in total. The Hall–Kier alpha value is -0.860. The number of rotatable bonds is 0. The van der Waals surface area contributed by atoms with Crippen LogP contribution in [0.5, 0.6) is 0 Å². The van der Waals surface area contributed by atoms with E-state index >= 15 is 0 Å². The van der Waals surface area contributed by atoms with Gasteiger partial charge < -0.3 is 0 Å². The second kappa shape index (κ2) is 3.31. The summed E-state index contributed by atoms with van der Waals surface area (Å²) in [5, 5.41) is 1.28. The molecule has 16 heavy (non-hydrogen) atoms. The maximum absolute atomic E-state index is 2.28. The van der Waals surface area contributed by atoms with Gasteiger partial charge in [0.1, 0.15) is 0 Å². The van der Waals surface area contributed by atoms with Gasteiger partial charge in [0.25, 0.3) is 0 Å². The molecule has 2 unspecified atom stereocenters. The van der Waals surface area contributed by atoms with Crippen molar-refractivity contribution >= 4 is 23.5 Å². The summed E-state index contributed by atoms with van der Waals surface area (Å²) >= 11 is 4.06. The van der Waals surface area contributed by atoms with E-state index in [0.717, 1.165) is 0 Å². The molecular weight excluding hydrogens is 232 g/mol. The predicted octanol–water partition coefficient (Wildman–Crippen LogP) is 4.68. The third kappa shape index (κ3) is 1.14. The number of hydrogen-bond donors (Lipinski definition) is 0. The van der Waals surface area contributed by atoms with Crippen molar-refractivity contribution in [3.63, 3.8) is 0 Å². The van der Waals surface area contributed by atoms with Crippen LogP contribution in [-0.2, 0) is 0 Å². The highest BCUT2D eigenvalue weighted by Crippen LogP contribution is 2.65. The Balaban J connectivity index is 1.86. The third-order valence-electron chi connectivity index (χ3n) is 3.23. The van der Waals surface area contributed by atoms with Crippen molar-refractivity contribution in [3.05, 3.63) is 59.7 Å². The maximum atomic E-state index is 2.28. The zero-order chi connectivity index (χ0) is 10.5. The maximum Gasteiger partial charge on any atom is 0.0519 e. The van der Waals surface area contributed by atoms with Crippen molar-refractivity contribution in [2.45, 2.75) is 20.3 Å². The van der Waals surface area contributed by atoms with Crippen LogP contribution in [0.4, 0.5) is 0 Å². The van der Waals surface area contributed by atoms with E-state index in [2.05, 4.69) is 48.5 Å².